The second kappa shape index (κ2) is 11.4. The molecule has 1 fully saturated rings. The second-order valence-corrected chi connectivity index (χ2v) is 10.2. The highest BCUT2D eigenvalue weighted by atomic mass is 79.9. The molecule has 5 rings (SSSR count). The summed E-state index contributed by atoms with van der Waals surface area (Å²) < 4.78 is 20.3. The molecule has 3 aromatic rings. The van der Waals surface area contributed by atoms with Crippen LogP contribution in [-0.2, 0) is 16.0 Å². The number of fused-ring (bicyclic) bond motifs is 1. The zero-order chi connectivity index (χ0) is 25.8. The van der Waals surface area contributed by atoms with Gasteiger partial charge in [-0.2, -0.15) is 10.1 Å². The topological polar surface area (TPSA) is 87.5 Å². The Kier molecular flexibility index (Phi) is 7.79. The first-order valence-corrected chi connectivity index (χ1v) is 13.5. The highest BCUT2D eigenvalue weighted by molar-refractivity contribution is 9.10. The van der Waals surface area contributed by atoms with E-state index in [0.29, 0.717) is 35.3 Å². The van der Waals surface area contributed by atoms with Crippen molar-refractivity contribution >= 4 is 27.8 Å². The zero-order valence-electron chi connectivity index (χ0n) is 21.1. The molecular formula is C28H31BrN4O4. The van der Waals surface area contributed by atoms with E-state index < -0.39 is 6.04 Å². The molecule has 0 spiro atoms. The van der Waals surface area contributed by atoms with Gasteiger partial charge >= 0.3 is 5.97 Å². The first-order chi connectivity index (χ1) is 18.0. The minimum atomic E-state index is -0.529. The minimum absolute atomic E-state index is 0.0546. The van der Waals surface area contributed by atoms with E-state index in [0.717, 1.165) is 42.1 Å². The second-order valence-electron chi connectivity index (χ2n) is 9.38. The van der Waals surface area contributed by atoms with E-state index in [4.69, 9.17) is 14.2 Å². The summed E-state index contributed by atoms with van der Waals surface area (Å²) in [5.41, 5.74) is 3.21. The smallest absolute Gasteiger partial charge is 0.338 e. The van der Waals surface area contributed by atoms with Crippen molar-refractivity contribution in [3.05, 3.63) is 75.7 Å². The average molecular weight is 567 g/mol. The Balaban J connectivity index is 1.44. The third kappa shape index (κ3) is 5.51. The Morgan fingerprint density at radius 2 is 1.95 bits per heavy atom. The molecule has 1 N–H and O–H groups in total. The standard InChI is InChI=1S/C28H31BrN4O4/c1-18-24(27(34)37-21-11-7-4-8-12-21)25(33-28(32-18)30-17-31-33)20-15-22(29)26(23(16-20)35-2)36-14-13-19-9-5-3-6-10-19/h3,5-6,9-10,15-17,21,25H,4,7-8,11-14H2,1-2H3,(H,30,31,32). The Labute approximate surface area is 225 Å². The van der Waals surface area contributed by atoms with Crippen LogP contribution in [0.4, 0.5) is 5.95 Å². The van der Waals surface area contributed by atoms with Gasteiger partial charge in [0.2, 0.25) is 5.95 Å². The summed E-state index contributed by atoms with van der Waals surface area (Å²) in [5.74, 6) is 1.41. The summed E-state index contributed by atoms with van der Waals surface area (Å²) in [4.78, 5) is 17.9. The van der Waals surface area contributed by atoms with Gasteiger partial charge in [-0.25, -0.2) is 9.48 Å². The molecule has 2 aromatic carbocycles. The SMILES string of the molecule is COc1cc(C2C(C(=O)OC3CCCCC3)=C(C)Nc3ncnn32)cc(Br)c1OCCc1ccccc1. The van der Waals surface area contributed by atoms with Gasteiger partial charge in [-0.3, -0.25) is 0 Å². The quantitative estimate of drug-likeness (QED) is 0.343. The molecule has 2 aliphatic rings. The van der Waals surface area contributed by atoms with Crippen molar-refractivity contribution in [1.82, 2.24) is 14.8 Å². The van der Waals surface area contributed by atoms with Gasteiger partial charge in [0.25, 0.3) is 0 Å². The number of esters is 1. The normalized spacial score (nSPS) is 17.6. The predicted molar refractivity (Wildman–Crippen MR) is 144 cm³/mol. The number of halogens is 1. The van der Waals surface area contributed by atoms with Crippen molar-refractivity contribution in [1.29, 1.82) is 0 Å². The van der Waals surface area contributed by atoms with Crippen LogP contribution in [0, 0.1) is 0 Å². The first-order valence-electron chi connectivity index (χ1n) is 12.7. The lowest BCUT2D eigenvalue weighted by molar-refractivity contribution is -0.146. The number of nitrogens with one attached hydrogen (secondary N) is 1. The summed E-state index contributed by atoms with van der Waals surface area (Å²) in [6.07, 6.45) is 7.36. The van der Waals surface area contributed by atoms with Crippen LogP contribution >= 0.6 is 15.9 Å². The van der Waals surface area contributed by atoms with Gasteiger partial charge in [0, 0.05) is 12.1 Å². The van der Waals surface area contributed by atoms with E-state index in [2.05, 4.69) is 43.5 Å². The Morgan fingerprint density at radius 1 is 1.16 bits per heavy atom. The number of methoxy groups -OCH3 is 1. The fourth-order valence-corrected chi connectivity index (χ4v) is 5.59. The van der Waals surface area contributed by atoms with Crippen LogP contribution in [0.1, 0.15) is 56.2 Å². The molecule has 0 radical (unpaired) electrons. The summed E-state index contributed by atoms with van der Waals surface area (Å²) in [6, 6.07) is 13.5. The van der Waals surface area contributed by atoms with Crippen molar-refractivity contribution < 1.29 is 19.0 Å². The minimum Gasteiger partial charge on any atom is -0.493 e. The number of rotatable bonds is 8. The van der Waals surface area contributed by atoms with Crippen molar-refractivity contribution in [3.8, 4) is 11.5 Å². The van der Waals surface area contributed by atoms with E-state index >= 15 is 0 Å². The van der Waals surface area contributed by atoms with Crippen molar-refractivity contribution in [2.75, 3.05) is 19.0 Å². The monoisotopic (exact) mass is 566 g/mol. The van der Waals surface area contributed by atoms with Crippen molar-refractivity contribution in [2.45, 2.75) is 57.6 Å². The molecule has 37 heavy (non-hydrogen) atoms. The molecule has 2 heterocycles. The number of benzene rings is 2. The van der Waals surface area contributed by atoms with E-state index in [1.54, 1.807) is 11.8 Å². The highest BCUT2D eigenvalue weighted by Crippen LogP contribution is 2.43. The number of hydrogen-bond donors (Lipinski definition) is 1. The summed E-state index contributed by atoms with van der Waals surface area (Å²) in [5, 5.41) is 7.64. The molecule has 0 amide bonds. The molecule has 1 saturated carbocycles. The van der Waals surface area contributed by atoms with Gasteiger partial charge in [-0.15, -0.1) is 0 Å². The van der Waals surface area contributed by atoms with Crippen LogP contribution < -0.4 is 14.8 Å². The van der Waals surface area contributed by atoms with Crippen molar-refractivity contribution in [3.63, 3.8) is 0 Å². The van der Waals surface area contributed by atoms with Crippen LogP contribution in [0.5, 0.6) is 11.5 Å². The number of allylic oxidation sites excluding steroid dienone is 1. The van der Waals surface area contributed by atoms with Gasteiger partial charge in [-0.05, 0) is 71.8 Å². The predicted octanol–water partition coefficient (Wildman–Crippen LogP) is 5.84. The third-order valence-electron chi connectivity index (χ3n) is 6.89. The van der Waals surface area contributed by atoms with Gasteiger partial charge in [0.1, 0.15) is 18.5 Å². The third-order valence-corrected chi connectivity index (χ3v) is 7.48. The van der Waals surface area contributed by atoms with Crippen LogP contribution in [0.2, 0.25) is 0 Å². The van der Waals surface area contributed by atoms with Gasteiger partial charge in [-0.1, -0.05) is 36.8 Å². The highest BCUT2D eigenvalue weighted by Gasteiger charge is 2.36. The van der Waals surface area contributed by atoms with Crippen LogP contribution in [0.25, 0.3) is 0 Å². The lowest BCUT2D eigenvalue weighted by atomic mass is 9.94. The van der Waals surface area contributed by atoms with E-state index in [-0.39, 0.29) is 12.1 Å². The summed E-state index contributed by atoms with van der Waals surface area (Å²) in [6.45, 7) is 2.37. The van der Waals surface area contributed by atoms with Crippen LogP contribution in [0.15, 0.2) is 64.5 Å². The Bertz CT molecular complexity index is 1280. The number of nitrogens with zero attached hydrogens (tertiary/aromatic N) is 3. The zero-order valence-corrected chi connectivity index (χ0v) is 22.7. The van der Waals surface area contributed by atoms with E-state index in [1.807, 2.05) is 37.3 Å². The number of carbonyl (C=O) groups excluding carboxylic acids is 1. The summed E-state index contributed by atoms with van der Waals surface area (Å²) >= 11 is 3.68. The molecule has 0 saturated heterocycles. The van der Waals surface area contributed by atoms with Crippen LogP contribution in [0.3, 0.4) is 0 Å². The molecule has 1 aliphatic carbocycles. The number of aromatic nitrogens is 3. The summed E-state index contributed by atoms with van der Waals surface area (Å²) in [7, 11) is 1.61. The molecule has 1 unspecified atom stereocenters. The lowest BCUT2D eigenvalue weighted by Gasteiger charge is -2.30. The number of ether oxygens (including phenoxy) is 3. The maximum absolute atomic E-state index is 13.5. The maximum atomic E-state index is 13.5. The molecule has 8 nitrogen and oxygen atoms in total. The largest absolute Gasteiger partial charge is 0.493 e. The fraction of sp³-hybridized carbons (Fsp3) is 0.393. The molecule has 0 bridgehead atoms. The average Bonchev–Trinajstić information content (AvgIpc) is 3.37. The van der Waals surface area contributed by atoms with E-state index in [9.17, 15) is 4.79 Å². The van der Waals surface area contributed by atoms with Gasteiger partial charge in [0.15, 0.2) is 11.5 Å². The lowest BCUT2D eigenvalue weighted by Crippen LogP contribution is -2.32. The molecule has 1 atom stereocenters. The number of hydrogen-bond acceptors (Lipinski definition) is 7. The van der Waals surface area contributed by atoms with Gasteiger partial charge in [0.05, 0.1) is 23.8 Å². The molecular weight excluding hydrogens is 536 g/mol. The first kappa shape index (κ1) is 25.3. The van der Waals surface area contributed by atoms with Crippen molar-refractivity contribution in [2.24, 2.45) is 0 Å². The van der Waals surface area contributed by atoms with Gasteiger partial charge < -0.3 is 19.5 Å². The molecule has 9 heteroatoms. The Hall–Kier alpha value is -3.33. The van der Waals surface area contributed by atoms with Crippen LogP contribution in [-0.4, -0.2) is 40.6 Å². The number of carbonyl (C=O) groups is 1. The molecule has 194 valence electrons. The molecule has 1 aromatic heterocycles. The maximum Gasteiger partial charge on any atom is 0.338 e. The van der Waals surface area contributed by atoms with E-state index in [1.165, 1.54) is 18.3 Å². The Morgan fingerprint density at radius 3 is 2.70 bits per heavy atom. The fourth-order valence-electron chi connectivity index (χ4n) is 5.01. The molecule has 1 aliphatic heterocycles. The number of anilines is 1.